The summed E-state index contributed by atoms with van der Waals surface area (Å²) >= 11 is 0. The van der Waals surface area contributed by atoms with E-state index in [0.29, 0.717) is 6.42 Å². The zero-order valence-electron chi connectivity index (χ0n) is 7.21. The Morgan fingerprint density at radius 1 is 1.33 bits per heavy atom. The summed E-state index contributed by atoms with van der Waals surface area (Å²) in [5, 5.41) is 3.16. The minimum absolute atomic E-state index is 0.221. The van der Waals surface area contributed by atoms with Crippen LogP contribution in [0.4, 0.5) is 5.69 Å². The number of hydrogen-bond donors (Lipinski definition) is 1. The normalized spacial score (nSPS) is 9.42. The molecule has 0 aromatic heterocycles. The number of carbonyl (C=O) groups excluding carboxylic acids is 1. The summed E-state index contributed by atoms with van der Waals surface area (Å²) in [4.78, 5) is 10.6. The van der Waals surface area contributed by atoms with Crippen molar-refractivity contribution in [2.75, 3.05) is 11.9 Å². The van der Waals surface area contributed by atoms with Crippen LogP contribution in [-0.2, 0) is 4.79 Å². The molecule has 0 heterocycles. The van der Waals surface area contributed by atoms with Gasteiger partial charge in [0.1, 0.15) is 5.78 Å². The van der Waals surface area contributed by atoms with Gasteiger partial charge in [-0.25, -0.2) is 0 Å². The first kappa shape index (κ1) is 8.78. The molecular weight excluding hydrogens is 150 g/mol. The van der Waals surface area contributed by atoms with Crippen molar-refractivity contribution < 1.29 is 4.79 Å². The van der Waals surface area contributed by atoms with Crippen molar-refractivity contribution in [2.45, 2.75) is 13.3 Å². The van der Waals surface area contributed by atoms with Crippen molar-refractivity contribution in [3.05, 3.63) is 30.3 Å². The predicted molar refractivity (Wildman–Crippen MR) is 50.2 cm³/mol. The first-order valence-electron chi connectivity index (χ1n) is 4.07. The zero-order chi connectivity index (χ0) is 8.81. The standard InChI is InChI=1S/C10H13NO/c1-9(12)7-8-11-10-5-3-2-4-6-10/h2-6,11H,7-8H2,1H3. The summed E-state index contributed by atoms with van der Waals surface area (Å²) in [6.45, 7) is 2.33. The van der Waals surface area contributed by atoms with Crippen LogP contribution in [0, 0.1) is 0 Å². The van der Waals surface area contributed by atoms with Gasteiger partial charge in [0.2, 0.25) is 0 Å². The highest BCUT2D eigenvalue weighted by molar-refractivity contribution is 5.76. The average molecular weight is 163 g/mol. The van der Waals surface area contributed by atoms with E-state index in [9.17, 15) is 4.79 Å². The van der Waals surface area contributed by atoms with E-state index in [-0.39, 0.29) is 5.78 Å². The summed E-state index contributed by atoms with van der Waals surface area (Å²) in [6.07, 6.45) is 0.592. The number of para-hydroxylation sites is 1. The minimum atomic E-state index is 0.221. The SMILES string of the molecule is CC(=O)CCNc1ccccc1. The second kappa shape index (κ2) is 4.54. The maximum absolute atomic E-state index is 10.6. The number of anilines is 1. The Morgan fingerprint density at radius 2 is 2.00 bits per heavy atom. The lowest BCUT2D eigenvalue weighted by molar-refractivity contribution is -0.116. The number of benzene rings is 1. The first-order chi connectivity index (χ1) is 5.79. The van der Waals surface area contributed by atoms with Crippen molar-refractivity contribution in [1.82, 2.24) is 0 Å². The van der Waals surface area contributed by atoms with Crippen LogP contribution < -0.4 is 5.32 Å². The largest absolute Gasteiger partial charge is 0.385 e. The van der Waals surface area contributed by atoms with Gasteiger partial charge >= 0.3 is 0 Å². The second-order valence-electron chi connectivity index (χ2n) is 2.74. The molecule has 12 heavy (non-hydrogen) atoms. The van der Waals surface area contributed by atoms with Gasteiger partial charge in [0.25, 0.3) is 0 Å². The summed E-state index contributed by atoms with van der Waals surface area (Å²) in [5.74, 6) is 0.221. The Morgan fingerprint density at radius 3 is 2.58 bits per heavy atom. The molecule has 0 atom stereocenters. The third kappa shape index (κ3) is 3.19. The van der Waals surface area contributed by atoms with Gasteiger partial charge in [-0.3, -0.25) is 4.79 Å². The topological polar surface area (TPSA) is 29.1 Å². The highest BCUT2D eigenvalue weighted by Gasteiger charge is 1.92. The number of ketones is 1. The lowest BCUT2D eigenvalue weighted by Gasteiger charge is -2.03. The summed E-state index contributed by atoms with van der Waals surface area (Å²) < 4.78 is 0. The highest BCUT2D eigenvalue weighted by Crippen LogP contribution is 2.04. The molecule has 0 spiro atoms. The molecule has 0 aliphatic heterocycles. The minimum Gasteiger partial charge on any atom is -0.385 e. The fourth-order valence-electron chi connectivity index (χ4n) is 0.939. The molecular formula is C10H13NO. The van der Waals surface area contributed by atoms with Crippen LogP contribution in [0.1, 0.15) is 13.3 Å². The number of rotatable bonds is 4. The smallest absolute Gasteiger partial charge is 0.131 e. The van der Waals surface area contributed by atoms with Crippen molar-refractivity contribution in [3.8, 4) is 0 Å². The molecule has 2 nitrogen and oxygen atoms in total. The molecule has 64 valence electrons. The molecule has 0 aliphatic carbocycles. The van der Waals surface area contributed by atoms with Gasteiger partial charge < -0.3 is 5.32 Å². The third-order valence-electron chi connectivity index (χ3n) is 1.58. The maximum Gasteiger partial charge on any atom is 0.131 e. The van der Waals surface area contributed by atoms with E-state index in [0.717, 1.165) is 12.2 Å². The molecule has 1 aromatic rings. The predicted octanol–water partition coefficient (Wildman–Crippen LogP) is 2.08. The molecule has 0 fully saturated rings. The van der Waals surface area contributed by atoms with Crippen molar-refractivity contribution in [1.29, 1.82) is 0 Å². The maximum atomic E-state index is 10.6. The van der Waals surface area contributed by atoms with E-state index in [4.69, 9.17) is 0 Å². The van der Waals surface area contributed by atoms with Crippen molar-refractivity contribution >= 4 is 11.5 Å². The monoisotopic (exact) mass is 163 g/mol. The quantitative estimate of drug-likeness (QED) is 0.736. The highest BCUT2D eigenvalue weighted by atomic mass is 16.1. The Hall–Kier alpha value is -1.31. The number of hydrogen-bond acceptors (Lipinski definition) is 2. The summed E-state index contributed by atoms with van der Waals surface area (Å²) in [5.41, 5.74) is 1.07. The molecule has 0 radical (unpaired) electrons. The number of carbonyl (C=O) groups is 1. The van der Waals surface area contributed by atoms with E-state index < -0.39 is 0 Å². The molecule has 0 bridgehead atoms. The van der Waals surface area contributed by atoms with E-state index >= 15 is 0 Å². The van der Waals surface area contributed by atoms with Gasteiger partial charge in [-0.1, -0.05) is 18.2 Å². The molecule has 0 unspecified atom stereocenters. The summed E-state index contributed by atoms with van der Waals surface area (Å²) in [6, 6.07) is 9.88. The van der Waals surface area contributed by atoms with Crippen LogP contribution in [0.3, 0.4) is 0 Å². The molecule has 2 heteroatoms. The van der Waals surface area contributed by atoms with Crippen LogP contribution in [0.15, 0.2) is 30.3 Å². The number of nitrogens with one attached hydrogen (secondary N) is 1. The van der Waals surface area contributed by atoms with E-state index in [2.05, 4.69) is 5.32 Å². The Bertz CT molecular complexity index is 243. The van der Waals surface area contributed by atoms with Crippen molar-refractivity contribution in [3.63, 3.8) is 0 Å². The van der Waals surface area contributed by atoms with E-state index in [1.54, 1.807) is 6.92 Å². The van der Waals surface area contributed by atoms with Gasteiger partial charge in [0, 0.05) is 18.7 Å². The molecule has 0 saturated heterocycles. The second-order valence-corrected chi connectivity index (χ2v) is 2.74. The molecule has 1 rings (SSSR count). The Balaban J connectivity index is 2.29. The van der Waals surface area contributed by atoms with Crippen molar-refractivity contribution in [2.24, 2.45) is 0 Å². The summed E-state index contributed by atoms with van der Waals surface area (Å²) in [7, 11) is 0. The van der Waals surface area contributed by atoms with Crippen LogP contribution in [-0.4, -0.2) is 12.3 Å². The number of Topliss-reactive ketones (excluding diaryl/α,β-unsaturated/α-hetero) is 1. The van der Waals surface area contributed by atoms with Gasteiger partial charge in [-0.15, -0.1) is 0 Å². The first-order valence-corrected chi connectivity index (χ1v) is 4.07. The van der Waals surface area contributed by atoms with Crippen LogP contribution in [0.25, 0.3) is 0 Å². The fourth-order valence-corrected chi connectivity index (χ4v) is 0.939. The molecule has 1 N–H and O–H groups in total. The Kier molecular flexibility index (Phi) is 3.33. The van der Waals surface area contributed by atoms with Crippen LogP contribution >= 0.6 is 0 Å². The molecule has 0 saturated carbocycles. The lowest BCUT2D eigenvalue weighted by Crippen LogP contribution is -2.05. The fraction of sp³-hybridized carbons (Fsp3) is 0.300. The van der Waals surface area contributed by atoms with Gasteiger partial charge in [0.15, 0.2) is 0 Å². The third-order valence-corrected chi connectivity index (χ3v) is 1.58. The molecule has 0 aliphatic rings. The zero-order valence-corrected chi connectivity index (χ0v) is 7.21. The van der Waals surface area contributed by atoms with Gasteiger partial charge in [0.05, 0.1) is 0 Å². The lowest BCUT2D eigenvalue weighted by atomic mass is 10.3. The van der Waals surface area contributed by atoms with Crippen LogP contribution in [0.5, 0.6) is 0 Å². The van der Waals surface area contributed by atoms with Gasteiger partial charge in [-0.05, 0) is 19.1 Å². The molecule has 0 amide bonds. The van der Waals surface area contributed by atoms with Crippen LogP contribution in [0.2, 0.25) is 0 Å². The molecule has 1 aromatic carbocycles. The Labute approximate surface area is 72.6 Å². The van der Waals surface area contributed by atoms with Gasteiger partial charge in [-0.2, -0.15) is 0 Å². The average Bonchev–Trinajstić information content (AvgIpc) is 2.05. The van der Waals surface area contributed by atoms with E-state index in [1.165, 1.54) is 0 Å². The van der Waals surface area contributed by atoms with E-state index in [1.807, 2.05) is 30.3 Å².